The maximum Gasteiger partial charge on any atom is 0.261 e. The van der Waals surface area contributed by atoms with Gasteiger partial charge in [-0.05, 0) is 52.8 Å². The zero-order valence-corrected chi connectivity index (χ0v) is 26.3. The van der Waals surface area contributed by atoms with Crippen LogP contribution in [-0.2, 0) is 18.4 Å². The van der Waals surface area contributed by atoms with Crippen LogP contribution in [0.5, 0.6) is 0 Å². The van der Waals surface area contributed by atoms with Crippen LogP contribution in [0.15, 0.2) is 60.7 Å². The standard InChI is InChI=1S/C31H48O4Si2/c1-30(2,3)36(7,8)35-27-23-25(19-21-32)34-26(24-27)20-22-33-37(31(4,5)6,28-15-11-9-12-16-28)29-17-13-10-14-18-29/h9-18,21,25-27H,19-20,22-24H2,1-8H3/t25-,26-,27+/m0/s1. The lowest BCUT2D eigenvalue weighted by molar-refractivity contribution is -0.121. The Labute approximate surface area is 227 Å². The average molecular weight is 541 g/mol. The van der Waals surface area contributed by atoms with Crippen LogP contribution in [0.3, 0.4) is 0 Å². The first-order chi connectivity index (χ1) is 17.3. The molecule has 204 valence electrons. The first-order valence-corrected chi connectivity index (χ1v) is 18.6. The third-order valence-corrected chi connectivity index (χ3v) is 17.8. The van der Waals surface area contributed by atoms with Gasteiger partial charge in [0.15, 0.2) is 8.32 Å². The number of ether oxygens (including phenoxy) is 1. The number of aldehydes is 1. The van der Waals surface area contributed by atoms with E-state index in [2.05, 4.69) is 115 Å². The highest BCUT2D eigenvalue weighted by molar-refractivity contribution is 6.99. The maximum absolute atomic E-state index is 11.4. The average Bonchev–Trinajstić information content (AvgIpc) is 2.81. The van der Waals surface area contributed by atoms with Crippen molar-refractivity contribution in [1.82, 2.24) is 0 Å². The molecule has 0 unspecified atom stereocenters. The first kappa shape index (κ1) is 30.0. The van der Waals surface area contributed by atoms with E-state index in [1.54, 1.807) is 0 Å². The number of carbonyl (C=O) groups excluding carboxylic acids is 1. The highest BCUT2D eigenvalue weighted by Crippen LogP contribution is 2.40. The first-order valence-electron chi connectivity index (χ1n) is 13.8. The minimum atomic E-state index is -2.58. The van der Waals surface area contributed by atoms with Crippen molar-refractivity contribution >= 4 is 33.3 Å². The van der Waals surface area contributed by atoms with E-state index in [4.69, 9.17) is 13.6 Å². The van der Waals surface area contributed by atoms with Gasteiger partial charge in [0.1, 0.15) is 6.29 Å². The summed E-state index contributed by atoms with van der Waals surface area (Å²) in [6.45, 7) is 19.0. The predicted octanol–water partition coefficient (Wildman–Crippen LogP) is 6.48. The Hall–Kier alpha value is -1.58. The van der Waals surface area contributed by atoms with Gasteiger partial charge in [0.05, 0.1) is 12.2 Å². The summed E-state index contributed by atoms with van der Waals surface area (Å²) in [7, 11) is -4.50. The molecule has 2 aromatic carbocycles. The fraction of sp³-hybridized carbons (Fsp3) is 0.581. The highest BCUT2D eigenvalue weighted by atomic mass is 28.4. The van der Waals surface area contributed by atoms with Crippen molar-refractivity contribution in [2.75, 3.05) is 6.61 Å². The van der Waals surface area contributed by atoms with Crippen LogP contribution in [0.2, 0.25) is 23.2 Å². The SMILES string of the molecule is CC(C)(C)[Si](C)(C)O[C@@H]1C[C@H](CC=O)O[C@@H](CCO[Si](c2ccccc2)(c2ccccc2)C(C)(C)C)C1. The topological polar surface area (TPSA) is 44.8 Å². The van der Waals surface area contributed by atoms with Gasteiger partial charge in [0.25, 0.3) is 8.32 Å². The van der Waals surface area contributed by atoms with Crippen LogP contribution in [-0.4, -0.2) is 47.8 Å². The Bertz CT molecular complexity index is 940. The normalized spacial score (nSPS) is 21.6. The van der Waals surface area contributed by atoms with Gasteiger partial charge >= 0.3 is 0 Å². The van der Waals surface area contributed by atoms with E-state index < -0.39 is 16.6 Å². The fourth-order valence-corrected chi connectivity index (χ4v) is 11.3. The summed E-state index contributed by atoms with van der Waals surface area (Å²) >= 11 is 0. The van der Waals surface area contributed by atoms with Crippen molar-refractivity contribution < 1.29 is 18.4 Å². The van der Waals surface area contributed by atoms with E-state index in [1.165, 1.54) is 10.4 Å². The summed E-state index contributed by atoms with van der Waals surface area (Å²) < 4.78 is 20.3. The van der Waals surface area contributed by atoms with Gasteiger partial charge in [-0.15, -0.1) is 0 Å². The Morgan fingerprint density at radius 2 is 1.35 bits per heavy atom. The summed E-state index contributed by atoms with van der Waals surface area (Å²) in [6.07, 6.45) is 3.89. The summed E-state index contributed by atoms with van der Waals surface area (Å²) in [4.78, 5) is 11.4. The van der Waals surface area contributed by atoms with Crippen molar-refractivity contribution in [2.45, 2.75) is 109 Å². The van der Waals surface area contributed by atoms with Crippen LogP contribution < -0.4 is 10.4 Å². The zero-order chi connectivity index (χ0) is 27.3. The lowest BCUT2D eigenvalue weighted by Crippen LogP contribution is -2.66. The maximum atomic E-state index is 11.4. The Morgan fingerprint density at radius 1 is 0.838 bits per heavy atom. The molecule has 37 heavy (non-hydrogen) atoms. The molecule has 1 heterocycles. The van der Waals surface area contributed by atoms with E-state index in [0.29, 0.717) is 13.0 Å². The number of carbonyl (C=O) groups is 1. The Balaban J connectivity index is 1.82. The van der Waals surface area contributed by atoms with E-state index >= 15 is 0 Å². The minimum absolute atomic E-state index is 0.0201. The second kappa shape index (κ2) is 12.1. The van der Waals surface area contributed by atoms with Gasteiger partial charge in [0, 0.05) is 19.1 Å². The number of hydrogen-bond donors (Lipinski definition) is 0. The van der Waals surface area contributed by atoms with Crippen molar-refractivity contribution in [3.63, 3.8) is 0 Å². The second-order valence-corrected chi connectivity index (χ2v) is 22.1. The summed E-state index contributed by atoms with van der Waals surface area (Å²) in [6, 6.07) is 21.5. The molecular weight excluding hydrogens is 493 g/mol. The van der Waals surface area contributed by atoms with Gasteiger partial charge in [-0.25, -0.2) is 0 Å². The van der Waals surface area contributed by atoms with Gasteiger partial charge < -0.3 is 18.4 Å². The molecule has 0 aromatic heterocycles. The van der Waals surface area contributed by atoms with Gasteiger partial charge in [-0.3, -0.25) is 0 Å². The Kier molecular flexibility index (Phi) is 9.78. The molecule has 0 bridgehead atoms. The van der Waals surface area contributed by atoms with Crippen molar-refractivity contribution in [3.05, 3.63) is 60.7 Å². The molecule has 0 aliphatic carbocycles. The largest absolute Gasteiger partial charge is 0.414 e. The second-order valence-electron chi connectivity index (χ2n) is 13.1. The lowest BCUT2D eigenvalue weighted by atomic mass is 9.98. The number of rotatable bonds is 10. The molecule has 2 aromatic rings. The van der Waals surface area contributed by atoms with Crippen LogP contribution >= 0.6 is 0 Å². The molecule has 0 amide bonds. The molecular formula is C31H48O4Si2. The van der Waals surface area contributed by atoms with Crippen LogP contribution in [0, 0.1) is 0 Å². The number of hydrogen-bond acceptors (Lipinski definition) is 4. The van der Waals surface area contributed by atoms with Crippen molar-refractivity contribution in [2.24, 2.45) is 0 Å². The smallest absolute Gasteiger partial charge is 0.261 e. The molecule has 4 nitrogen and oxygen atoms in total. The number of benzene rings is 2. The van der Waals surface area contributed by atoms with E-state index in [1.807, 2.05) is 0 Å². The fourth-order valence-electron chi connectivity index (χ4n) is 5.31. The molecule has 3 atom stereocenters. The predicted molar refractivity (Wildman–Crippen MR) is 159 cm³/mol. The van der Waals surface area contributed by atoms with Crippen molar-refractivity contribution in [3.8, 4) is 0 Å². The quantitative estimate of drug-likeness (QED) is 0.256. The third kappa shape index (κ3) is 7.09. The molecule has 0 spiro atoms. The third-order valence-electron chi connectivity index (χ3n) is 8.24. The van der Waals surface area contributed by atoms with E-state index in [-0.39, 0.29) is 28.4 Å². The molecule has 0 radical (unpaired) electrons. The minimum Gasteiger partial charge on any atom is -0.414 e. The summed E-state index contributed by atoms with van der Waals surface area (Å²) in [5, 5.41) is 2.66. The highest BCUT2D eigenvalue weighted by Gasteiger charge is 2.50. The van der Waals surface area contributed by atoms with Gasteiger partial charge in [0.2, 0.25) is 0 Å². The Morgan fingerprint density at radius 3 is 1.81 bits per heavy atom. The molecule has 1 fully saturated rings. The van der Waals surface area contributed by atoms with Crippen LogP contribution in [0.1, 0.15) is 67.2 Å². The molecule has 1 saturated heterocycles. The molecule has 0 saturated carbocycles. The molecule has 3 rings (SSSR count). The van der Waals surface area contributed by atoms with Gasteiger partial charge in [-0.2, -0.15) is 0 Å². The summed E-state index contributed by atoms with van der Waals surface area (Å²) in [5.74, 6) is 0. The molecule has 0 N–H and O–H groups in total. The monoisotopic (exact) mass is 540 g/mol. The molecule has 1 aliphatic rings. The van der Waals surface area contributed by atoms with Crippen LogP contribution in [0.4, 0.5) is 0 Å². The van der Waals surface area contributed by atoms with E-state index in [9.17, 15) is 4.79 Å². The zero-order valence-electron chi connectivity index (χ0n) is 24.3. The molecule has 1 aliphatic heterocycles. The van der Waals surface area contributed by atoms with Gasteiger partial charge in [-0.1, -0.05) is 102 Å². The van der Waals surface area contributed by atoms with Crippen LogP contribution in [0.25, 0.3) is 0 Å². The van der Waals surface area contributed by atoms with Crippen molar-refractivity contribution in [1.29, 1.82) is 0 Å². The van der Waals surface area contributed by atoms with E-state index in [0.717, 1.165) is 25.5 Å². The summed E-state index contributed by atoms with van der Waals surface area (Å²) in [5.41, 5.74) is 0. The lowest BCUT2D eigenvalue weighted by Gasteiger charge is -2.44. The molecule has 6 heteroatoms.